The number of nitrogens with two attached hydrogens (primary N) is 1. The van der Waals surface area contributed by atoms with E-state index in [9.17, 15) is 4.79 Å². The molecule has 4 nitrogen and oxygen atoms in total. The molecule has 0 bridgehead atoms. The van der Waals surface area contributed by atoms with E-state index in [1.54, 1.807) is 11.3 Å². The number of hydrogen-bond donors (Lipinski definition) is 1. The van der Waals surface area contributed by atoms with Gasteiger partial charge in [0.2, 0.25) is 5.91 Å². The van der Waals surface area contributed by atoms with Crippen molar-refractivity contribution in [1.29, 1.82) is 0 Å². The zero-order chi connectivity index (χ0) is 16.2. The lowest BCUT2D eigenvalue weighted by Gasteiger charge is -2.15. The van der Waals surface area contributed by atoms with Crippen molar-refractivity contribution in [2.75, 3.05) is 19.6 Å². The number of amides is 1. The molecule has 1 saturated heterocycles. The molecule has 0 aliphatic carbocycles. The van der Waals surface area contributed by atoms with E-state index in [0.29, 0.717) is 18.9 Å². The maximum Gasteiger partial charge on any atom is 0.228 e. The van der Waals surface area contributed by atoms with Gasteiger partial charge in [0.15, 0.2) is 0 Å². The normalized spacial score (nSPS) is 17.7. The number of hydrogen-bond acceptors (Lipinski definition) is 4. The van der Waals surface area contributed by atoms with Gasteiger partial charge in [-0.15, -0.1) is 11.3 Å². The van der Waals surface area contributed by atoms with Gasteiger partial charge in [-0.25, -0.2) is 4.98 Å². The molecule has 0 saturated carbocycles. The highest BCUT2D eigenvalue weighted by Crippen LogP contribution is 2.25. The summed E-state index contributed by atoms with van der Waals surface area (Å²) in [6.07, 6.45) is 2.45. The Morgan fingerprint density at radius 1 is 1.39 bits per heavy atom. The minimum Gasteiger partial charge on any atom is -0.342 e. The van der Waals surface area contributed by atoms with Crippen molar-refractivity contribution in [2.45, 2.75) is 26.2 Å². The second kappa shape index (κ2) is 7.23. The van der Waals surface area contributed by atoms with E-state index < -0.39 is 0 Å². The van der Waals surface area contributed by atoms with Crippen molar-refractivity contribution in [3.63, 3.8) is 0 Å². The Labute approximate surface area is 141 Å². The number of likely N-dealkylation sites (tertiary alicyclic amines) is 1. The Morgan fingerprint density at radius 2 is 2.17 bits per heavy atom. The predicted octanol–water partition coefficient (Wildman–Crippen LogP) is 2.72. The van der Waals surface area contributed by atoms with Gasteiger partial charge in [0.1, 0.15) is 5.01 Å². The zero-order valence-electron chi connectivity index (χ0n) is 13.5. The van der Waals surface area contributed by atoms with Crippen molar-refractivity contribution in [3.8, 4) is 10.6 Å². The van der Waals surface area contributed by atoms with Crippen LogP contribution in [0, 0.1) is 5.92 Å². The van der Waals surface area contributed by atoms with Crippen molar-refractivity contribution in [2.24, 2.45) is 11.7 Å². The number of carbonyl (C=O) groups excluding carboxylic acids is 1. The first-order chi connectivity index (χ1) is 11.2. The monoisotopic (exact) mass is 329 g/mol. The quantitative estimate of drug-likeness (QED) is 0.917. The summed E-state index contributed by atoms with van der Waals surface area (Å²) < 4.78 is 0. The largest absolute Gasteiger partial charge is 0.342 e. The van der Waals surface area contributed by atoms with E-state index in [-0.39, 0.29) is 5.91 Å². The summed E-state index contributed by atoms with van der Waals surface area (Å²) in [5.41, 5.74) is 9.00. The number of carbonyl (C=O) groups is 1. The van der Waals surface area contributed by atoms with Gasteiger partial charge in [-0.2, -0.15) is 0 Å². The van der Waals surface area contributed by atoms with Gasteiger partial charge in [0.25, 0.3) is 0 Å². The van der Waals surface area contributed by atoms with Crippen LogP contribution < -0.4 is 5.73 Å². The third kappa shape index (κ3) is 3.79. The maximum absolute atomic E-state index is 12.4. The first kappa shape index (κ1) is 16.1. The fourth-order valence-electron chi connectivity index (χ4n) is 2.92. The highest BCUT2D eigenvalue weighted by Gasteiger charge is 2.25. The maximum atomic E-state index is 12.4. The zero-order valence-corrected chi connectivity index (χ0v) is 14.3. The number of aryl methyl sites for hydroxylation is 1. The lowest BCUT2D eigenvalue weighted by Crippen LogP contribution is -2.31. The van der Waals surface area contributed by atoms with Gasteiger partial charge < -0.3 is 10.6 Å². The molecule has 122 valence electrons. The first-order valence-electron chi connectivity index (χ1n) is 8.21. The minimum absolute atomic E-state index is 0.166. The molecule has 2 heterocycles. The number of nitrogens with zero attached hydrogens (tertiary/aromatic N) is 2. The molecule has 1 amide bonds. The van der Waals surface area contributed by atoms with Crippen molar-refractivity contribution in [3.05, 3.63) is 40.9 Å². The summed E-state index contributed by atoms with van der Waals surface area (Å²) in [6, 6.07) is 8.49. The Hall–Kier alpha value is -1.72. The number of aromatic nitrogens is 1. The molecule has 1 unspecified atom stereocenters. The summed E-state index contributed by atoms with van der Waals surface area (Å²) in [4.78, 5) is 18.9. The Kier molecular flexibility index (Phi) is 5.08. The van der Waals surface area contributed by atoms with Gasteiger partial charge in [0.05, 0.1) is 12.1 Å². The lowest BCUT2D eigenvalue weighted by molar-refractivity contribution is -0.129. The van der Waals surface area contributed by atoms with E-state index in [0.717, 1.165) is 42.2 Å². The van der Waals surface area contributed by atoms with Gasteiger partial charge in [-0.05, 0) is 30.9 Å². The van der Waals surface area contributed by atoms with Gasteiger partial charge >= 0.3 is 0 Å². The van der Waals surface area contributed by atoms with Crippen LogP contribution in [0.3, 0.4) is 0 Å². The second-order valence-corrected chi connectivity index (χ2v) is 6.96. The molecule has 2 N–H and O–H groups in total. The first-order valence-corrected chi connectivity index (χ1v) is 9.09. The molecule has 5 heteroatoms. The summed E-state index contributed by atoms with van der Waals surface area (Å²) in [6.45, 7) is 4.44. The average Bonchev–Trinajstić information content (AvgIpc) is 3.24. The highest BCUT2D eigenvalue weighted by atomic mass is 32.1. The molecule has 3 rings (SSSR count). The third-order valence-corrected chi connectivity index (χ3v) is 5.41. The van der Waals surface area contributed by atoms with Gasteiger partial charge in [0, 0.05) is 24.0 Å². The Balaban J connectivity index is 1.63. The van der Waals surface area contributed by atoms with E-state index in [4.69, 9.17) is 5.73 Å². The van der Waals surface area contributed by atoms with Crippen LogP contribution in [-0.4, -0.2) is 35.4 Å². The van der Waals surface area contributed by atoms with Crippen LogP contribution in [0.2, 0.25) is 0 Å². The van der Waals surface area contributed by atoms with Crippen molar-refractivity contribution < 1.29 is 4.79 Å². The van der Waals surface area contributed by atoms with Crippen LogP contribution in [0.15, 0.2) is 29.6 Å². The summed E-state index contributed by atoms with van der Waals surface area (Å²) in [7, 11) is 0. The molecule has 1 atom stereocenters. The molecular weight excluding hydrogens is 306 g/mol. The Morgan fingerprint density at radius 3 is 2.83 bits per heavy atom. The van der Waals surface area contributed by atoms with E-state index in [2.05, 4.69) is 36.2 Å². The molecule has 0 radical (unpaired) electrons. The smallest absolute Gasteiger partial charge is 0.228 e. The van der Waals surface area contributed by atoms with Crippen molar-refractivity contribution >= 4 is 17.2 Å². The molecule has 1 fully saturated rings. The SMILES string of the molecule is CCc1ccc(-c2nc(CC(=O)N3CCC(CN)C3)cs2)cc1. The number of benzene rings is 1. The second-order valence-electron chi connectivity index (χ2n) is 6.10. The lowest BCUT2D eigenvalue weighted by atomic mass is 10.1. The molecule has 0 spiro atoms. The van der Waals surface area contributed by atoms with E-state index >= 15 is 0 Å². The predicted molar refractivity (Wildman–Crippen MR) is 94.4 cm³/mol. The molecular formula is C18H23N3OS. The fraction of sp³-hybridized carbons (Fsp3) is 0.444. The molecule has 1 aliphatic rings. The number of rotatable bonds is 5. The summed E-state index contributed by atoms with van der Waals surface area (Å²) in [5.74, 6) is 0.626. The van der Waals surface area contributed by atoms with E-state index in [1.165, 1.54) is 5.56 Å². The fourth-order valence-corrected chi connectivity index (χ4v) is 3.75. The van der Waals surface area contributed by atoms with Crippen LogP contribution >= 0.6 is 11.3 Å². The molecule has 1 aromatic heterocycles. The molecule has 1 aromatic carbocycles. The van der Waals surface area contributed by atoms with Gasteiger partial charge in [-0.1, -0.05) is 31.2 Å². The van der Waals surface area contributed by atoms with E-state index in [1.807, 2.05) is 10.3 Å². The number of thiazole rings is 1. The minimum atomic E-state index is 0.166. The molecule has 23 heavy (non-hydrogen) atoms. The Bertz CT molecular complexity index is 665. The summed E-state index contributed by atoms with van der Waals surface area (Å²) in [5, 5.41) is 2.98. The average molecular weight is 329 g/mol. The van der Waals surface area contributed by atoms with Crippen LogP contribution in [0.4, 0.5) is 0 Å². The van der Waals surface area contributed by atoms with Crippen molar-refractivity contribution in [1.82, 2.24) is 9.88 Å². The molecule has 2 aromatic rings. The summed E-state index contributed by atoms with van der Waals surface area (Å²) >= 11 is 1.60. The highest BCUT2D eigenvalue weighted by molar-refractivity contribution is 7.13. The van der Waals surface area contributed by atoms with Crippen LogP contribution in [-0.2, 0) is 17.6 Å². The standard InChI is InChI=1S/C18H23N3OS/c1-2-13-3-5-15(6-4-13)18-20-16(12-23-18)9-17(22)21-8-7-14(10-19)11-21/h3-6,12,14H,2,7-11,19H2,1H3. The van der Waals surface area contributed by atoms with Crippen LogP contribution in [0.5, 0.6) is 0 Å². The third-order valence-electron chi connectivity index (χ3n) is 4.47. The topological polar surface area (TPSA) is 59.2 Å². The van der Waals surface area contributed by atoms with Crippen LogP contribution in [0.25, 0.3) is 10.6 Å². The molecule has 1 aliphatic heterocycles. The van der Waals surface area contributed by atoms with Gasteiger partial charge in [-0.3, -0.25) is 4.79 Å². The van der Waals surface area contributed by atoms with Crippen LogP contribution in [0.1, 0.15) is 24.6 Å².